The predicted molar refractivity (Wildman–Crippen MR) is 201 cm³/mol. The topological polar surface area (TPSA) is 145 Å². The van der Waals surface area contributed by atoms with Crippen molar-refractivity contribution in [3.63, 3.8) is 0 Å². The van der Waals surface area contributed by atoms with E-state index in [2.05, 4.69) is 0 Å². The smallest absolute Gasteiger partial charge is 0.339 e. The van der Waals surface area contributed by atoms with Crippen LogP contribution >= 0.6 is 45.2 Å². The maximum absolute atomic E-state index is 14.1. The number of methoxy groups -OCH3 is 6. The number of benzene rings is 3. The maximum Gasteiger partial charge on any atom is 0.339 e. The van der Waals surface area contributed by atoms with Crippen molar-refractivity contribution in [3.8, 4) is 34.5 Å². The van der Waals surface area contributed by atoms with Crippen LogP contribution in [0.5, 0.6) is 34.5 Å². The molecule has 5 atom stereocenters. The molecule has 2 aliphatic heterocycles. The molecular formula is C36H40I2O14. The van der Waals surface area contributed by atoms with Gasteiger partial charge >= 0.3 is 11.9 Å². The molecule has 2 aliphatic rings. The monoisotopic (exact) mass is 950 g/mol. The van der Waals surface area contributed by atoms with Crippen molar-refractivity contribution >= 4 is 57.1 Å². The van der Waals surface area contributed by atoms with Crippen LogP contribution < -0.4 is 28.4 Å². The third-order valence-electron chi connectivity index (χ3n) is 8.29. The molecule has 0 spiro atoms. The molecule has 2 saturated heterocycles. The van der Waals surface area contributed by atoms with Crippen molar-refractivity contribution in [2.45, 2.75) is 56.9 Å². The van der Waals surface area contributed by atoms with Crippen molar-refractivity contribution in [1.29, 1.82) is 0 Å². The second-order valence-electron chi connectivity index (χ2n) is 11.9. The molecule has 0 aromatic heterocycles. The van der Waals surface area contributed by atoms with Gasteiger partial charge in [-0.2, -0.15) is 0 Å². The third kappa shape index (κ3) is 8.25. The zero-order valence-electron chi connectivity index (χ0n) is 29.8. The zero-order chi connectivity index (χ0) is 37.7. The lowest BCUT2D eigenvalue weighted by atomic mass is 10.0. The number of halogens is 2. The minimum atomic E-state index is -1.23. The summed E-state index contributed by atoms with van der Waals surface area (Å²) in [6, 6.07) is 12.5. The lowest BCUT2D eigenvalue weighted by Gasteiger charge is -2.31. The van der Waals surface area contributed by atoms with Gasteiger partial charge < -0.3 is 56.8 Å². The van der Waals surface area contributed by atoms with Gasteiger partial charge in [-0.1, -0.05) is 30.3 Å². The molecule has 0 radical (unpaired) electrons. The number of hydrogen-bond donors (Lipinski definition) is 0. The highest BCUT2D eigenvalue weighted by atomic mass is 127. The molecular weight excluding hydrogens is 910 g/mol. The molecule has 0 N–H and O–H groups in total. The van der Waals surface area contributed by atoms with Crippen LogP contribution in [-0.4, -0.2) is 97.7 Å². The largest absolute Gasteiger partial charge is 0.493 e. The van der Waals surface area contributed by atoms with E-state index in [4.69, 9.17) is 56.8 Å². The maximum atomic E-state index is 14.1. The Morgan fingerprint density at radius 2 is 1.29 bits per heavy atom. The number of fused-ring (bicyclic) bond motifs is 1. The summed E-state index contributed by atoms with van der Waals surface area (Å²) in [6.07, 6.45) is -4.62. The van der Waals surface area contributed by atoms with E-state index in [1.54, 1.807) is 13.8 Å². The Kier molecular flexibility index (Phi) is 13.2. The normalized spacial score (nSPS) is 20.7. The van der Waals surface area contributed by atoms with Gasteiger partial charge in [0.2, 0.25) is 11.5 Å². The lowest BCUT2D eigenvalue weighted by molar-refractivity contribution is -0.232. The number of carbonyl (C=O) groups excluding carboxylic acids is 2. The molecule has 16 heteroatoms. The highest BCUT2D eigenvalue weighted by Crippen LogP contribution is 2.45. The minimum Gasteiger partial charge on any atom is -0.493 e. The Bertz CT molecular complexity index is 1750. The van der Waals surface area contributed by atoms with Gasteiger partial charge in [0.05, 0.1) is 67.5 Å². The quantitative estimate of drug-likeness (QED) is 0.134. The highest BCUT2D eigenvalue weighted by Gasteiger charge is 2.58. The molecule has 3 aromatic rings. The number of ether oxygens (including phenoxy) is 12. The van der Waals surface area contributed by atoms with E-state index in [0.29, 0.717) is 18.6 Å². The first-order valence-corrected chi connectivity index (χ1v) is 18.1. The Balaban J connectivity index is 1.51. The summed E-state index contributed by atoms with van der Waals surface area (Å²) in [6.45, 7) is 3.27. The third-order valence-corrected chi connectivity index (χ3v) is 10.4. The zero-order valence-corrected chi connectivity index (χ0v) is 34.1. The summed E-state index contributed by atoms with van der Waals surface area (Å²) in [5, 5.41) is 0. The van der Waals surface area contributed by atoms with E-state index >= 15 is 0 Å². The molecule has 14 nitrogen and oxygen atoms in total. The molecule has 0 bridgehead atoms. The Morgan fingerprint density at radius 3 is 1.81 bits per heavy atom. The van der Waals surface area contributed by atoms with Crippen molar-refractivity contribution in [3.05, 3.63) is 66.3 Å². The Labute approximate surface area is 328 Å². The fraction of sp³-hybridized carbons (Fsp3) is 0.444. The predicted octanol–water partition coefficient (Wildman–Crippen LogP) is 5.79. The van der Waals surface area contributed by atoms with Gasteiger partial charge in [0, 0.05) is 0 Å². The average molecular weight is 951 g/mol. The van der Waals surface area contributed by atoms with Crippen LogP contribution in [0, 0.1) is 7.14 Å². The highest BCUT2D eigenvalue weighted by molar-refractivity contribution is 14.1. The SMILES string of the molecule is COc1cc(C(=O)OC[C@@H](OC(=O)c2cc(OC)c(OC)c(OC)c2I)[C@H]2O[C@@H]3OC(C)(C)O[C@@H]3[C@H]2OCc2ccccc2)c(I)c(OC)c1OC. The molecule has 0 aliphatic carbocycles. The van der Waals surface area contributed by atoms with Crippen LogP contribution in [0.1, 0.15) is 40.1 Å². The van der Waals surface area contributed by atoms with Crippen LogP contribution in [-0.2, 0) is 35.0 Å². The van der Waals surface area contributed by atoms with Crippen LogP contribution in [0.4, 0.5) is 0 Å². The standard InChI is InChI=1S/C36H40I2O14/c1-36(2)51-32-31(47-16-18-12-10-9-11-13-18)28(50-35(32)52-36)23(49-34(40)20-15-22(42-4)27(44-6)30(46-8)25(20)38)17-48-33(39)19-14-21(41-3)26(43-5)29(45-7)24(19)37/h9-15,23,28,31-32,35H,16-17H2,1-8H3/t23-,28-,31+,32-,35-/m1/s1. The summed E-state index contributed by atoms with van der Waals surface area (Å²) in [4.78, 5) is 27.8. The summed E-state index contributed by atoms with van der Waals surface area (Å²) in [5.74, 6) is -0.835. The summed E-state index contributed by atoms with van der Waals surface area (Å²) in [5.41, 5.74) is 1.14. The van der Waals surface area contributed by atoms with Gasteiger partial charge in [0.15, 0.2) is 41.2 Å². The van der Waals surface area contributed by atoms with E-state index in [-0.39, 0.29) is 40.7 Å². The Hall–Kier alpha value is -3.30. The fourth-order valence-electron chi connectivity index (χ4n) is 5.93. The van der Waals surface area contributed by atoms with Crippen molar-refractivity contribution in [2.24, 2.45) is 0 Å². The van der Waals surface area contributed by atoms with Crippen LogP contribution in [0.25, 0.3) is 0 Å². The number of rotatable bonds is 15. The first-order chi connectivity index (χ1) is 24.9. The molecule has 5 rings (SSSR count). The van der Waals surface area contributed by atoms with E-state index < -0.39 is 55.0 Å². The van der Waals surface area contributed by atoms with Crippen LogP contribution in [0.3, 0.4) is 0 Å². The van der Waals surface area contributed by atoms with Gasteiger partial charge in [0.25, 0.3) is 0 Å². The molecule has 52 heavy (non-hydrogen) atoms. The molecule has 2 fully saturated rings. The van der Waals surface area contributed by atoms with Gasteiger partial charge in [0.1, 0.15) is 24.9 Å². The van der Waals surface area contributed by atoms with Crippen LogP contribution in [0.15, 0.2) is 42.5 Å². The minimum absolute atomic E-state index is 0.110. The van der Waals surface area contributed by atoms with Gasteiger partial charge in [-0.15, -0.1) is 0 Å². The van der Waals surface area contributed by atoms with Crippen LogP contribution in [0.2, 0.25) is 0 Å². The van der Waals surface area contributed by atoms with Gasteiger partial charge in [-0.3, -0.25) is 0 Å². The van der Waals surface area contributed by atoms with Gasteiger partial charge in [-0.25, -0.2) is 9.59 Å². The first kappa shape index (κ1) is 39.9. The van der Waals surface area contributed by atoms with Crippen molar-refractivity contribution in [2.75, 3.05) is 49.3 Å². The lowest BCUT2D eigenvalue weighted by Crippen LogP contribution is -2.46. The van der Waals surface area contributed by atoms with Gasteiger partial charge in [-0.05, 0) is 76.7 Å². The molecule has 0 unspecified atom stereocenters. The number of esters is 2. The summed E-state index contributed by atoms with van der Waals surface area (Å²) < 4.78 is 70.9. The Morgan fingerprint density at radius 1 is 0.750 bits per heavy atom. The summed E-state index contributed by atoms with van der Waals surface area (Å²) >= 11 is 3.93. The van der Waals surface area contributed by atoms with E-state index in [0.717, 1.165) is 5.56 Å². The molecule has 0 saturated carbocycles. The molecule has 282 valence electrons. The summed E-state index contributed by atoms with van der Waals surface area (Å²) in [7, 11) is 8.70. The molecule has 2 heterocycles. The average Bonchev–Trinajstić information content (AvgIpc) is 3.62. The number of hydrogen-bond acceptors (Lipinski definition) is 14. The number of carbonyl (C=O) groups is 2. The van der Waals surface area contributed by atoms with E-state index in [1.807, 2.05) is 75.5 Å². The first-order valence-electron chi connectivity index (χ1n) is 15.9. The van der Waals surface area contributed by atoms with E-state index in [1.165, 1.54) is 54.8 Å². The van der Waals surface area contributed by atoms with Crippen molar-refractivity contribution < 1.29 is 66.4 Å². The second kappa shape index (κ2) is 17.2. The molecule has 0 amide bonds. The van der Waals surface area contributed by atoms with Crippen molar-refractivity contribution in [1.82, 2.24) is 0 Å². The second-order valence-corrected chi connectivity index (χ2v) is 14.0. The fourth-order valence-corrected chi connectivity index (χ4v) is 7.61. The van der Waals surface area contributed by atoms with E-state index in [9.17, 15) is 9.59 Å². The molecule has 3 aromatic carbocycles.